The maximum Gasteiger partial charge on any atom is 0.215 e. The minimum Gasteiger partial charge on any atom is -0.215 e. The molecule has 0 aliphatic carbocycles. The van der Waals surface area contributed by atoms with Gasteiger partial charge in [0.25, 0.3) is 0 Å². The maximum absolute atomic E-state index is 11.3. The normalized spacial score (nSPS) is 11.5. The van der Waals surface area contributed by atoms with Crippen molar-refractivity contribution in [2.24, 2.45) is 0 Å². The molecule has 1 rings (SSSR count). The van der Waals surface area contributed by atoms with Gasteiger partial charge >= 0.3 is 0 Å². The van der Waals surface area contributed by atoms with Gasteiger partial charge in [-0.2, -0.15) is 0 Å². The molecule has 1 N–H and O–H groups in total. The molecular formula is C9H13NO2S. The molecule has 3 nitrogen and oxygen atoms in total. The number of nitrogens with one attached hydrogen (secondary N) is 1. The summed E-state index contributed by atoms with van der Waals surface area (Å²) in [4.78, 5) is 0. The Morgan fingerprint density at radius 1 is 1.23 bits per heavy atom. The van der Waals surface area contributed by atoms with E-state index >= 15 is 0 Å². The van der Waals surface area contributed by atoms with Gasteiger partial charge in [-0.1, -0.05) is 37.3 Å². The van der Waals surface area contributed by atoms with Gasteiger partial charge in [0.2, 0.25) is 10.0 Å². The fourth-order valence-corrected chi connectivity index (χ4v) is 2.24. The Bertz CT molecular complexity index is 345. The van der Waals surface area contributed by atoms with E-state index < -0.39 is 10.0 Å². The van der Waals surface area contributed by atoms with E-state index in [1.807, 2.05) is 18.2 Å². The van der Waals surface area contributed by atoms with Gasteiger partial charge < -0.3 is 0 Å². The van der Waals surface area contributed by atoms with Crippen LogP contribution in [0, 0.1) is 0 Å². The third-order valence-corrected chi connectivity index (χ3v) is 3.01. The Balaban J connectivity index is 2.70. The zero-order valence-electron chi connectivity index (χ0n) is 7.53. The minimum atomic E-state index is -3.13. The molecule has 0 atom stereocenters. The summed E-state index contributed by atoms with van der Waals surface area (Å²) in [5.74, 6) is 0.0572. The SMILES string of the molecule is CCNS(=O)(=O)Cc1ccccc1. The lowest BCUT2D eigenvalue weighted by molar-refractivity contribution is 0.583. The second kappa shape index (κ2) is 4.39. The molecule has 0 aliphatic heterocycles. The van der Waals surface area contributed by atoms with Crippen LogP contribution in [0.3, 0.4) is 0 Å². The fraction of sp³-hybridized carbons (Fsp3) is 0.333. The molecule has 0 bridgehead atoms. The highest BCUT2D eigenvalue weighted by molar-refractivity contribution is 7.88. The highest BCUT2D eigenvalue weighted by Gasteiger charge is 2.08. The van der Waals surface area contributed by atoms with Crippen LogP contribution < -0.4 is 4.72 Å². The third-order valence-electron chi connectivity index (χ3n) is 1.56. The van der Waals surface area contributed by atoms with Crippen molar-refractivity contribution in [1.29, 1.82) is 0 Å². The van der Waals surface area contributed by atoms with Crippen molar-refractivity contribution in [2.45, 2.75) is 12.7 Å². The summed E-state index contributed by atoms with van der Waals surface area (Å²) < 4.78 is 25.0. The highest BCUT2D eigenvalue weighted by Crippen LogP contribution is 2.03. The second-order valence-corrected chi connectivity index (χ2v) is 4.55. The smallest absolute Gasteiger partial charge is 0.215 e. The lowest BCUT2D eigenvalue weighted by Crippen LogP contribution is -2.24. The van der Waals surface area contributed by atoms with Crippen LogP contribution in [0.25, 0.3) is 0 Å². The van der Waals surface area contributed by atoms with Crippen LogP contribution in [0.5, 0.6) is 0 Å². The van der Waals surface area contributed by atoms with E-state index in [2.05, 4.69) is 4.72 Å². The molecule has 1 aromatic carbocycles. The molecule has 0 aliphatic rings. The maximum atomic E-state index is 11.3. The van der Waals surface area contributed by atoms with Crippen LogP contribution in [0.15, 0.2) is 30.3 Å². The molecule has 13 heavy (non-hydrogen) atoms. The molecule has 4 heteroatoms. The largest absolute Gasteiger partial charge is 0.215 e. The average molecular weight is 199 g/mol. The van der Waals surface area contributed by atoms with Gasteiger partial charge in [-0.05, 0) is 5.56 Å². The molecule has 1 aromatic rings. The van der Waals surface area contributed by atoms with Gasteiger partial charge in [0.1, 0.15) is 0 Å². The summed E-state index contributed by atoms with van der Waals surface area (Å²) in [6, 6.07) is 9.13. The first kappa shape index (κ1) is 10.2. The fourth-order valence-electron chi connectivity index (χ4n) is 1.06. The van der Waals surface area contributed by atoms with Gasteiger partial charge in [0, 0.05) is 6.54 Å². The Morgan fingerprint density at radius 2 is 1.85 bits per heavy atom. The van der Waals surface area contributed by atoms with E-state index in [9.17, 15) is 8.42 Å². The number of sulfonamides is 1. The molecule has 0 amide bonds. The number of hydrogen-bond donors (Lipinski definition) is 1. The first-order valence-electron chi connectivity index (χ1n) is 4.15. The minimum absolute atomic E-state index is 0.0572. The summed E-state index contributed by atoms with van der Waals surface area (Å²) in [6.45, 7) is 2.21. The standard InChI is InChI=1S/C9H13NO2S/c1-2-10-13(11,12)8-9-6-4-3-5-7-9/h3-7,10H,2,8H2,1H3. The second-order valence-electron chi connectivity index (χ2n) is 2.74. The molecule has 0 aromatic heterocycles. The van der Waals surface area contributed by atoms with Crippen LogP contribution in [-0.2, 0) is 15.8 Å². The van der Waals surface area contributed by atoms with Crippen molar-refractivity contribution in [3.05, 3.63) is 35.9 Å². The number of rotatable bonds is 4. The molecule has 0 saturated heterocycles. The number of hydrogen-bond acceptors (Lipinski definition) is 2. The van der Waals surface area contributed by atoms with Gasteiger partial charge in [0.05, 0.1) is 5.75 Å². The molecule has 72 valence electrons. The summed E-state index contributed by atoms with van der Waals surface area (Å²) >= 11 is 0. The summed E-state index contributed by atoms with van der Waals surface area (Å²) in [5.41, 5.74) is 0.809. The van der Waals surface area contributed by atoms with Crippen molar-refractivity contribution in [3.8, 4) is 0 Å². The lowest BCUT2D eigenvalue weighted by atomic mass is 10.2. The molecular weight excluding hydrogens is 186 g/mol. The Morgan fingerprint density at radius 3 is 2.38 bits per heavy atom. The van der Waals surface area contributed by atoms with E-state index in [1.54, 1.807) is 19.1 Å². The topological polar surface area (TPSA) is 46.2 Å². The summed E-state index contributed by atoms with van der Waals surface area (Å²) in [6.07, 6.45) is 0. The van der Waals surface area contributed by atoms with E-state index in [4.69, 9.17) is 0 Å². The third kappa shape index (κ3) is 3.57. The zero-order valence-corrected chi connectivity index (χ0v) is 8.34. The molecule has 0 radical (unpaired) electrons. The van der Waals surface area contributed by atoms with Crippen molar-refractivity contribution in [1.82, 2.24) is 4.72 Å². The van der Waals surface area contributed by atoms with E-state index in [1.165, 1.54) is 0 Å². The Labute approximate surface area is 78.8 Å². The monoisotopic (exact) mass is 199 g/mol. The number of benzene rings is 1. The first-order valence-corrected chi connectivity index (χ1v) is 5.80. The van der Waals surface area contributed by atoms with Crippen molar-refractivity contribution in [3.63, 3.8) is 0 Å². The van der Waals surface area contributed by atoms with E-state index in [0.717, 1.165) is 5.56 Å². The predicted octanol–water partition coefficient (Wildman–Crippen LogP) is 1.13. The summed E-state index contributed by atoms with van der Waals surface area (Å²) in [7, 11) is -3.13. The highest BCUT2D eigenvalue weighted by atomic mass is 32.2. The quantitative estimate of drug-likeness (QED) is 0.790. The van der Waals surface area contributed by atoms with Crippen molar-refractivity contribution >= 4 is 10.0 Å². The summed E-state index contributed by atoms with van der Waals surface area (Å²) in [5, 5.41) is 0. The predicted molar refractivity (Wildman–Crippen MR) is 52.7 cm³/mol. The Hall–Kier alpha value is -0.870. The zero-order chi connectivity index (χ0) is 9.73. The van der Waals surface area contributed by atoms with Crippen LogP contribution in [0.1, 0.15) is 12.5 Å². The molecule has 0 fully saturated rings. The molecule has 0 spiro atoms. The van der Waals surface area contributed by atoms with Crippen LogP contribution in [0.2, 0.25) is 0 Å². The first-order chi connectivity index (χ1) is 6.14. The van der Waals surface area contributed by atoms with E-state index in [0.29, 0.717) is 6.54 Å². The van der Waals surface area contributed by atoms with Crippen LogP contribution >= 0.6 is 0 Å². The van der Waals surface area contributed by atoms with Gasteiger partial charge in [0.15, 0.2) is 0 Å². The lowest BCUT2D eigenvalue weighted by Gasteiger charge is -2.03. The molecule has 0 saturated carbocycles. The Kier molecular flexibility index (Phi) is 3.45. The molecule has 0 heterocycles. The van der Waals surface area contributed by atoms with E-state index in [-0.39, 0.29) is 5.75 Å². The van der Waals surface area contributed by atoms with Crippen LogP contribution in [-0.4, -0.2) is 15.0 Å². The molecule has 0 unspecified atom stereocenters. The van der Waals surface area contributed by atoms with Gasteiger partial charge in [-0.25, -0.2) is 13.1 Å². The van der Waals surface area contributed by atoms with Gasteiger partial charge in [-0.3, -0.25) is 0 Å². The van der Waals surface area contributed by atoms with Crippen molar-refractivity contribution in [2.75, 3.05) is 6.54 Å². The van der Waals surface area contributed by atoms with Crippen molar-refractivity contribution < 1.29 is 8.42 Å². The van der Waals surface area contributed by atoms with Gasteiger partial charge in [-0.15, -0.1) is 0 Å². The average Bonchev–Trinajstić information content (AvgIpc) is 2.04. The van der Waals surface area contributed by atoms with Crippen LogP contribution in [0.4, 0.5) is 0 Å².